The van der Waals surface area contributed by atoms with E-state index in [1.165, 1.54) is 0 Å². The molecular weight excluding hydrogens is 430 g/mol. The molecule has 1 amide bonds. The molecule has 168 valence electrons. The van der Waals surface area contributed by atoms with E-state index in [-0.39, 0.29) is 11.5 Å². The van der Waals surface area contributed by atoms with Gasteiger partial charge in [0.1, 0.15) is 11.5 Å². The summed E-state index contributed by atoms with van der Waals surface area (Å²) in [6, 6.07) is 20.5. The van der Waals surface area contributed by atoms with E-state index < -0.39 is 0 Å². The molecule has 4 heterocycles. The molecule has 1 N–H and O–H groups in total. The number of anilines is 1. The molecule has 2 aromatic carbocycles. The van der Waals surface area contributed by atoms with Gasteiger partial charge in [-0.2, -0.15) is 10.1 Å². The van der Waals surface area contributed by atoms with Gasteiger partial charge in [-0.1, -0.05) is 36.4 Å². The third-order valence-corrected chi connectivity index (χ3v) is 6.20. The minimum absolute atomic E-state index is 0.0663. The standard InChI is InChI=1S/C25H21N7O2/c33-24-19-10-9-18(25(34)31-14-12-30(13-15-31)21-8-4-5-11-26-21)16-20(19)32-23(27-24)22(28-29-32)17-6-2-1-3-7-17/h1-11,16,29H,12-15H2. The predicted octanol–water partition coefficient (Wildman–Crippen LogP) is 2.60. The first-order valence-corrected chi connectivity index (χ1v) is 11.1. The third-order valence-electron chi connectivity index (χ3n) is 6.20. The number of carbonyl (C=O) groups excluding carboxylic acids is 1. The largest absolute Gasteiger partial charge is 0.353 e. The Morgan fingerprint density at radius 1 is 0.912 bits per heavy atom. The Balaban J connectivity index is 1.33. The predicted molar refractivity (Wildman–Crippen MR) is 129 cm³/mol. The van der Waals surface area contributed by atoms with Crippen LogP contribution in [0.2, 0.25) is 0 Å². The Kier molecular flexibility index (Phi) is 4.80. The average molecular weight is 451 g/mol. The highest BCUT2D eigenvalue weighted by Gasteiger charge is 2.24. The van der Waals surface area contributed by atoms with E-state index in [0.717, 1.165) is 11.4 Å². The molecule has 0 bridgehead atoms. The number of piperazine rings is 1. The van der Waals surface area contributed by atoms with E-state index in [4.69, 9.17) is 0 Å². The highest BCUT2D eigenvalue weighted by Crippen LogP contribution is 2.23. The number of nitrogens with one attached hydrogen (secondary N) is 1. The van der Waals surface area contributed by atoms with Crippen molar-refractivity contribution in [2.45, 2.75) is 0 Å². The Morgan fingerprint density at radius 2 is 1.71 bits per heavy atom. The third kappa shape index (κ3) is 3.38. The summed E-state index contributed by atoms with van der Waals surface area (Å²) >= 11 is 0. The normalized spacial score (nSPS) is 14.1. The van der Waals surface area contributed by atoms with Crippen LogP contribution in [0.1, 0.15) is 10.4 Å². The van der Waals surface area contributed by atoms with Crippen molar-refractivity contribution < 1.29 is 4.79 Å². The lowest BCUT2D eigenvalue weighted by molar-refractivity contribution is 0.0746. The molecular formula is C25H21N7O2. The van der Waals surface area contributed by atoms with E-state index in [1.807, 2.05) is 53.4 Å². The smallest absolute Gasteiger partial charge is 0.281 e. The zero-order chi connectivity index (χ0) is 23.1. The van der Waals surface area contributed by atoms with Gasteiger partial charge in [0.15, 0.2) is 5.65 Å². The van der Waals surface area contributed by atoms with Gasteiger partial charge in [-0.3, -0.25) is 9.59 Å². The summed E-state index contributed by atoms with van der Waals surface area (Å²) in [6.07, 6.45) is 1.78. The maximum absolute atomic E-state index is 13.3. The fourth-order valence-electron chi connectivity index (χ4n) is 4.41. The Labute approximate surface area is 194 Å². The Hall–Kier alpha value is -4.53. The molecule has 6 rings (SSSR count). The molecule has 9 heteroatoms. The fraction of sp³-hybridized carbons (Fsp3) is 0.160. The van der Waals surface area contributed by atoms with Crippen molar-refractivity contribution >= 4 is 28.3 Å². The van der Waals surface area contributed by atoms with Gasteiger partial charge in [0.05, 0.1) is 10.9 Å². The molecule has 0 aliphatic carbocycles. The van der Waals surface area contributed by atoms with E-state index >= 15 is 0 Å². The number of amides is 1. The quantitative estimate of drug-likeness (QED) is 0.453. The van der Waals surface area contributed by atoms with Crippen LogP contribution in [-0.2, 0) is 0 Å². The van der Waals surface area contributed by atoms with Crippen molar-refractivity contribution in [3.8, 4) is 11.3 Å². The molecule has 0 spiro atoms. The van der Waals surface area contributed by atoms with E-state index in [9.17, 15) is 9.59 Å². The van der Waals surface area contributed by atoms with Crippen LogP contribution < -0.4 is 10.5 Å². The van der Waals surface area contributed by atoms with Crippen LogP contribution in [0.15, 0.2) is 77.7 Å². The summed E-state index contributed by atoms with van der Waals surface area (Å²) < 4.78 is 1.66. The van der Waals surface area contributed by atoms with Gasteiger partial charge in [-0.05, 0) is 30.3 Å². The molecule has 0 radical (unpaired) electrons. The molecule has 1 aliphatic rings. The zero-order valence-electron chi connectivity index (χ0n) is 18.3. The molecule has 34 heavy (non-hydrogen) atoms. The fourth-order valence-corrected chi connectivity index (χ4v) is 4.41. The van der Waals surface area contributed by atoms with Crippen molar-refractivity contribution in [1.29, 1.82) is 0 Å². The number of H-pyrrole nitrogens is 1. The van der Waals surface area contributed by atoms with Crippen LogP contribution in [-0.4, -0.2) is 61.8 Å². The monoisotopic (exact) mass is 451 g/mol. The molecule has 1 aliphatic heterocycles. The highest BCUT2D eigenvalue weighted by molar-refractivity contribution is 5.98. The maximum Gasteiger partial charge on any atom is 0.281 e. The molecule has 1 saturated heterocycles. The molecule has 3 aromatic heterocycles. The lowest BCUT2D eigenvalue weighted by Gasteiger charge is -2.35. The summed E-state index contributed by atoms with van der Waals surface area (Å²) in [7, 11) is 0. The van der Waals surface area contributed by atoms with Gasteiger partial charge in [0, 0.05) is 43.5 Å². The van der Waals surface area contributed by atoms with E-state index in [2.05, 4.69) is 25.2 Å². The first kappa shape index (κ1) is 20.1. The van der Waals surface area contributed by atoms with Crippen LogP contribution in [0, 0.1) is 0 Å². The van der Waals surface area contributed by atoms with Crippen LogP contribution in [0.4, 0.5) is 5.82 Å². The van der Waals surface area contributed by atoms with Crippen molar-refractivity contribution in [3.63, 3.8) is 0 Å². The number of hydrogen-bond donors (Lipinski definition) is 1. The molecule has 5 aromatic rings. The second-order valence-corrected chi connectivity index (χ2v) is 8.20. The van der Waals surface area contributed by atoms with Gasteiger partial charge in [0.2, 0.25) is 0 Å². The second kappa shape index (κ2) is 8.11. The van der Waals surface area contributed by atoms with Crippen molar-refractivity contribution in [2.75, 3.05) is 31.1 Å². The SMILES string of the molecule is O=C(c1ccc2c(=O)nc3c(-c4ccccc4)n[nH]n3c2c1)N1CCN(c2ccccn2)CC1. The molecule has 0 atom stereocenters. The summed E-state index contributed by atoms with van der Waals surface area (Å²) in [4.78, 5) is 38.7. The van der Waals surface area contributed by atoms with Gasteiger partial charge < -0.3 is 9.80 Å². The topological polar surface area (TPSA) is 99.5 Å². The number of aromatic amines is 1. The van der Waals surface area contributed by atoms with Gasteiger partial charge in [-0.15, -0.1) is 0 Å². The molecule has 9 nitrogen and oxygen atoms in total. The number of carbonyl (C=O) groups is 1. The number of benzene rings is 2. The number of aromatic nitrogens is 5. The zero-order valence-corrected chi connectivity index (χ0v) is 18.3. The Morgan fingerprint density at radius 3 is 2.47 bits per heavy atom. The Bertz CT molecular complexity index is 1550. The first-order valence-electron chi connectivity index (χ1n) is 11.1. The lowest BCUT2D eigenvalue weighted by Crippen LogP contribution is -2.49. The number of rotatable bonds is 3. The minimum atomic E-state index is -0.350. The van der Waals surface area contributed by atoms with Gasteiger partial charge in [0.25, 0.3) is 11.5 Å². The van der Waals surface area contributed by atoms with Gasteiger partial charge >= 0.3 is 0 Å². The second-order valence-electron chi connectivity index (χ2n) is 8.20. The molecule has 0 unspecified atom stereocenters. The first-order chi connectivity index (χ1) is 16.7. The summed E-state index contributed by atoms with van der Waals surface area (Å²) in [5, 5.41) is 7.77. The highest BCUT2D eigenvalue weighted by atomic mass is 16.2. The summed E-state index contributed by atoms with van der Waals surface area (Å²) in [5.41, 5.74) is 2.61. The number of fused-ring (bicyclic) bond motifs is 3. The summed E-state index contributed by atoms with van der Waals surface area (Å²) in [5.74, 6) is 0.853. The van der Waals surface area contributed by atoms with Crippen molar-refractivity contribution in [3.05, 3.63) is 88.8 Å². The van der Waals surface area contributed by atoms with Crippen LogP contribution in [0.25, 0.3) is 27.8 Å². The van der Waals surface area contributed by atoms with Crippen LogP contribution in [0.5, 0.6) is 0 Å². The number of pyridine rings is 1. The number of nitrogens with zero attached hydrogens (tertiary/aromatic N) is 6. The average Bonchev–Trinajstić information content (AvgIpc) is 3.33. The molecule has 1 fully saturated rings. The van der Waals surface area contributed by atoms with Crippen LogP contribution in [0.3, 0.4) is 0 Å². The van der Waals surface area contributed by atoms with E-state index in [1.54, 1.807) is 28.9 Å². The molecule has 0 saturated carbocycles. The van der Waals surface area contributed by atoms with Gasteiger partial charge in [-0.25, -0.2) is 14.7 Å². The minimum Gasteiger partial charge on any atom is -0.353 e. The van der Waals surface area contributed by atoms with Crippen molar-refractivity contribution in [2.24, 2.45) is 0 Å². The number of hydrogen-bond acceptors (Lipinski definition) is 6. The van der Waals surface area contributed by atoms with Crippen LogP contribution >= 0.6 is 0 Å². The summed E-state index contributed by atoms with van der Waals surface area (Å²) in [6.45, 7) is 2.62. The lowest BCUT2D eigenvalue weighted by atomic mass is 10.1. The van der Waals surface area contributed by atoms with E-state index in [0.29, 0.717) is 54.0 Å². The maximum atomic E-state index is 13.3. The van der Waals surface area contributed by atoms with Crippen molar-refractivity contribution in [1.82, 2.24) is 29.7 Å².